The van der Waals surface area contributed by atoms with Gasteiger partial charge in [0.25, 0.3) is 5.95 Å². The van der Waals surface area contributed by atoms with E-state index in [1.165, 1.54) is 12.3 Å². The predicted octanol–water partition coefficient (Wildman–Crippen LogP) is 1.69. The zero-order valence-electron chi connectivity index (χ0n) is 9.51. The number of rotatable bonds is 2. The number of aromatic nitrogens is 4. The Hall–Kier alpha value is -2.45. The molecule has 0 spiro atoms. The maximum atomic E-state index is 12.9. The molecule has 6 nitrogen and oxygen atoms in total. The number of hydrogen-bond acceptors (Lipinski definition) is 4. The standard InChI is InChI=1S/C10H7F3N4O2/c1-5-2-3-14-9(16-5)17-7(10(11,12)13)6(4-15-17)8(18)19/h2-4H,1H3,(H,18,19). The van der Waals surface area contributed by atoms with Gasteiger partial charge < -0.3 is 5.11 Å². The molecular formula is C10H7F3N4O2. The van der Waals surface area contributed by atoms with Gasteiger partial charge in [-0.1, -0.05) is 0 Å². The largest absolute Gasteiger partial charge is 0.478 e. The van der Waals surface area contributed by atoms with Crippen molar-refractivity contribution in [3.8, 4) is 5.95 Å². The third-order valence-electron chi connectivity index (χ3n) is 2.24. The second-order valence-corrected chi connectivity index (χ2v) is 3.62. The van der Waals surface area contributed by atoms with E-state index in [2.05, 4.69) is 15.1 Å². The van der Waals surface area contributed by atoms with E-state index < -0.39 is 23.4 Å². The van der Waals surface area contributed by atoms with Gasteiger partial charge in [-0.15, -0.1) is 0 Å². The van der Waals surface area contributed by atoms with Gasteiger partial charge in [0, 0.05) is 11.9 Å². The van der Waals surface area contributed by atoms with Crippen LogP contribution in [0.4, 0.5) is 13.2 Å². The molecule has 0 bridgehead atoms. The summed E-state index contributed by atoms with van der Waals surface area (Å²) in [6, 6.07) is 1.50. The van der Waals surface area contributed by atoms with E-state index in [0.717, 1.165) is 0 Å². The fourth-order valence-electron chi connectivity index (χ4n) is 1.47. The highest BCUT2D eigenvalue weighted by Gasteiger charge is 2.41. The molecule has 0 radical (unpaired) electrons. The van der Waals surface area contributed by atoms with Crippen LogP contribution in [-0.4, -0.2) is 30.8 Å². The Morgan fingerprint density at radius 2 is 2.11 bits per heavy atom. The lowest BCUT2D eigenvalue weighted by Gasteiger charge is -2.10. The van der Waals surface area contributed by atoms with Crippen LogP contribution in [0.1, 0.15) is 21.7 Å². The molecule has 2 heterocycles. The van der Waals surface area contributed by atoms with Crippen LogP contribution < -0.4 is 0 Å². The SMILES string of the molecule is Cc1ccnc(-n2ncc(C(=O)O)c2C(F)(F)F)n1. The van der Waals surface area contributed by atoms with Crippen LogP contribution >= 0.6 is 0 Å². The molecule has 2 rings (SSSR count). The highest BCUT2D eigenvalue weighted by Crippen LogP contribution is 2.32. The summed E-state index contributed by atoms with van der Waals surface area (Å²) in [5.41, 5.74) is -1.92. The van der Waals surface area contributed by atoms with Crippen LogP contribution in [0, 0.1) is 6.92 Å². The first-order chi connectivity index (χ1) is 8.80. The lowest BCUT2D eigenvalue weighted by atomic mass is 10.2. The van der Waals surface area contributed by atoms with Gasteiger partial charge in [-0.05, 0) is 13.0 Å². The summed E-state index contributed by atoms with van der Waals surface area (Å²) in [6.07, 6.45) is -2.99. The molecule has 0 aromatic carbocycles. The molecule has 0 amide bonds. The molecule has 0 aliphatic rings. The summed E-state index contributed by atoms with van der Waals surface area (Å²) in [7, 11) is 0. The van der Waals surface area contributed by atoms with Crippen molar-refractivity contribution in [1.29, 1.82) is 0 Å². The Kier molecular flexibility index (Phi) is 2.97. The first-order valence-electron chi connectivity index (χ1n) is 4.99. The Labute approximate surface area is 104 Å². The first-order valence-corrected chi connectivity index (χ1v) is 4.99. The number of nitrogens with zero attached hydrogens (tertiary/aromatic N) is 4. The Morgan fingerprint density at radius 1 is 1.42 bits per heavy atom. The molecule has 19 heavy (non-hydrogen) atoms. The molecule has 100 valence electrons. The van der Waals surface area contributed by atoms with E-state index in [1.54, 1.807) is 6.92 Å². The lowest BCUT2D eigenvalue weighted by Crippen LogP contribution is -2.18. The van der Waals surface area contributed by atoms with Gasteiger partial charge in [-0.25, -0.2) is 14.8 Å². The predicted molar refractivity (Wildman–Crippen MR) is 55.9 cm³/mol. The third kappa shape index (κ3) is 2.39. The number of aryl methyl sites for hydroxylation is 1. The van der Waals surface area contributed by atoms with Crippen LogP contribution in [0.5, 0.6) is 0 Å². The maximum Gasteiger partial charge on any atom is 0.434 e. The minimum atomic E-state index is -4.88. The van der Waals surface area contributed by atoms with E-state index >= 15 is 0 Å². The number of halogens is 3. The van der Waals surface area contributed by atoms with Crippen molar-refractivity contribution < 1.29 is 23.1 Å². The molecule has 0 aliphatic carbocycles. The topological polar surface area (TPSA) is 80.9 Å². The van der Waals surface area contributed by atoms with Gasteiger partial charge in [-0.3, -0.25) is 0 Å². The van der Waals surface area contributed by atoms with E-state index in [1.807, 2.05) is 0 Å². The Balaban J connectivity index is 2.68. The van der Waals surface area contributed by atoms with E-state index in [4.69, 9.17) is 5.11 Å². The van der Waals surface area contributed by atoms with Gasteiger partial charge in [0.1, 0.15) is 5.56 Å². The Bertz CT molecular complexity index is 636. The summed E-state index contributed by atoms with van der Waals surface area (Å²) in [4.78, 5) is 18.2. The van der Waals surface area contributed by atoms with Crippen molar-refractivity contribution in [2.75, 3.05) is 0 Å². The molecule has 0 saturated carbocycles. The monoisotopic (exact) mass is 272 g/mol. The van der Waals surface area contributed by atoms with E-state index in [0.29, 0.717) is 16.6 Å². The zero-order valence-corrected chi connectivity index (χ0v) is 9.51. The fraction of sp³-hybridized carbons (Fsp3) is 0.200. The number of alkyl halides is 3. The number of carbonyl (C=O) groups is 1. The van der Waals surface area contributed by atoms with Crippen molar-refractivity contribution in [1.82, 2.24) is 19.7 Å². The quantitative estimate of drug-likeness (QED) is 0.899. The van der Waals surface area contributed by atoms with Crippen LogP contribution in [-0.2, 0) is 6.18 Å². The molecule has 9 heteroatoms. The smallest absolute Gasteiger partial charge is 0.434 e. The summed E-state index contributed by atoms with van der Waals surface area (Å²) >= 11 is 0. The minimum absolute atomic E-state index is 0.333. The second kappa shape index (κ2) is 4.34. The summed E-state index contributed by atoms with van der Waals surface area (Å²) in [5.74, 6) is -2.05. The second-order valence-electron chi connectivity index (χ2n) is 3.62. The average Bonchev–Trinajstić information content (AvgIpc) is 2.73. The van der Waals surface area contributed by atoms with Crippen molar-refractivity contribution >= 4 is 5.97 Å². The molecule has 2 aromatic rings. The van der Waals surface area contributed by atoms with Crippen molar-refractivity contribution in [3.05, 3.63) is 35.4 Å². The minimum Gasteiger partial charge on any atom is -0.478 e. The molecule has 0 atom stereocenters. The number of carboxylic acid groups (broad SMARTS) is 1. The Morgan fingerprint density at radius 3 is 2.63 bits per heavy atom. The van der Waals surface area contributed by atoms with Gasteiger partial charge in [0.05, 0.1) is 6.20 Å². The molecule has 0 aliphatic heterocycles. The normalized spacial score (nSPS) is 11.6. The van der Waals surface area contributed by atoms with Crippen LogP contribution in [0.2, 0.25) is 0 Å². The van der Waals surface area contributed by atoms with Gasteiger partial charge in [-0.2, -0.15) is 23.0 Å². The molecule has 2 aromatic heterocycles. The molecule has 0 saturated heterocycles. The highest BCUT2D eigenvalue weighted by atomic mass is 19.4. The van der Waals surface area contributed by atoms with Crippen LogP contribution in [0.3, 0.4) is 0 Å². The van der Waals surface area contributed by atoms with E-state index in [-0.39, 0.29) is 5.95 Å². The molecule has 0 unspecified atom stereocenters. The number of carboxylic acids is 1. The van der Waals surface area contributed by atoms with Crippen molar-refractivity contribution in [2.45, 2.75) is 13.1 Å². The van der Waals surface area contributed by atoms with Crippen molar-refractivity contribution in [3.63, 3.8) is 0 Å². The lowest BCUT2D eigenvalue weighted by molar-refractivity contribution is -0.143. The highest BCUT2D eigenvalue weighted by molar-refractivity contribution is 5.89. The zero-order chi connectivity index (χ0) is 14.2. The molecular weight excluding hydrogens is 265 g/mol. The summed E-state index contributed by atoms with van der Waals surface area (Å²) in [5, 5.41) is 12.2. The maximum absolute atomic E-state index is 12.9. The van der Waals surface area contributed by atoms with Gasteiger partial charge >= 0.3 is 12.1 Å². The fourth-order valence-corrected chi connectivity index (χ4v) is 1.47. The summed E-state index contributed by atoms with van der Waals surface area (Å²) < 4.78 is 39.1. The van der Waals surface area contributed by atoms with Crippen LogP contribution in [0.15, 0.2) is 18.5 Å². The first kappa shape index (κ1) is 13.0. The van der Waals surface area contributed by atoms with Gasteiger partial charge in [0.15, 0.2) is 5.69 Å². The van der Waals surface area contributed by atoms with Crippen molar-refractivity contribution in [2.24, 2.45) is 0 Å². The third-order valence-corrected chi connectivity index (χ3v) is 2.24. The average molecular weight is 272 g/mol. The molecule has 1 N–H and O–H groups in total. The van der Waals surface area contributed by atoms with Gasteiger partial charge in [0.2, 0.25) is 0 Å². The summed E-state index contributed by atoms with van der Waals surface area (Å²) in [6.45, 7) is 1.57. The number of aromatic carboxylic acids is 1. The number of hydrogen-bond donors (Lipinski definition) is 1. The van der Waals surface area contributed by atoms with E-state index in [9.17, 15) is 18.0 Å². The molecule has 0 fully saturated rings. The van der Waals surface area contributed by atoms with Crippen LogP contribution in [0.25, 0.3) is 5.95 Å².